The average molecular weight is 726 g/mol. The molecule has 0 aromatic heterocycles. The summed E-state index contributed by atoms with van der Waals surface area (Å²) in [4.78, 5) is 3.43. The van der Waals surface area contributed by atoms with E-state index in [2.05, 4.69) is 4.90 Å². The van der Waals surface area contributed by atoms with Crippen molar-refractivity contribution in [1.29, 1.82) is 0 Å². The van der Waals surface area contributed by atoms with E-state index >= 15 is 0 Å². The minimum atomic E-state index is 0.932. The van der Waals surface area contributed by atoms with Gasteiger partial charge in [0.05, 0.1) is 0 Å². The summed E-state index contributed by atoms with van der Waals surface area (Å²) in [5.41, 5.74) is 0. The minimum Gasteiger partial charge on any atom is -0.294 e. The molecule has 300 valence electrons. The van der Waals surface area contributed by atoms with E-state index in [4.69, 9.17) is 0 Å². The quantitative estimate of drug-likeness (QED) is 0.253. The molecule has 10 fully saturated rings. The summed E-state index contributed by atoms with van der Waals surface area (Å²) in [7, 11) is 0. The molecule has 10 unspecified atom stereocenters. The summed E-state index contributed by atoms with van der Waals surface area (Å²) in [5, 5.41) is 0. The first-order valence-electron chi connectivity index (χ1n) is 26.0. The molecule has 0 spiro atoms. The van der Waals surface area contributed by atoms with E-state index in [1.807, 2.05) is 0 Å². The second-order valence-electron chi connectivity index (χ2n) is 23.1. The van der Waals surface area contributed by atoms with Crippen molar-refractivity contribution in [3.8, 4) is 0 Å². The molecule has 0 aromatic carbocycles. The van der Waals surface area contributed by atoms with E-state index < -0.39 is 0 Å². The molecule has 53 heavy (non-hydrogen) atoms. The van der Waals surface area contributed by atoms with E-state index in [1.165, 1.54) is 44.9 Å². The van der Waals surface area contributed by atoms with Gasteiger partial charge in [0, 0.05) is 18.1 Å². The summed E-state index contributed by atoms with van der Waals surface area (Å²) in [6.45, 7) is 0. The fraction of sp³-hybridized carbons (Fsp3) is 1.00. The Kier molecular flexibility index (Phi) is 12.0. The van der Waals surface area contributed by atoms with Crippen LogP contribution < -0.4 is 0 Å². The highest BCUT2D eigenvalue weighted by atomic mass is 15.2. The standard InChI is InChI=1S/C52H87N/c1-4-12-36(13-5-1)39-22-27-45(28-23-39)53(46-29-24-40(25-30-46)37-14-6-2-7-15-37)47-31-26-42-32-43-19-11-21-49(52(43)51(42)35-47)48-20-10-18-41-33-44(34-50(41)48)38-16-8-3-9-17-38/h36-52H,1-35H2. The zero-order valence-electron chi connectivity index (χ0n) is 35.0. The second-order valence-corrected chi connectivity index (χ2v) is 23.1. The number of nitrogens with zero attached hydrogens (tertiary/aromatic N) is 1. The Bertz CT molecular complexity index is 1090. The van der Waals surface area contributed by atoms with Crippen LogP contribution >= 0.6 is 0 Å². The van der Waals surface area contributed by atoms with Crippen molar-refractivity contribution in [3.05, 3.63) is 0 Å². The number of rotatable bonds is 7. The molecule has 0 aromatic rings. The molecular weight excluding hydrogens is 639 g/mol. The zero-order valence-corrected chi connectivity index (χ0v) is 35.0. The third-order valence-corrected chi connectivity index (χ3v) is 21.0. The molecule has 1 nitrogen and oxygen atoms in total. The monoisotopic (exact) mass is 726 g/mol. The smallest absolute Gasteiger partial charge is 0.0104 e. The Morgan fingerprint density at radius 2 is 0.623 bits per heavy atom. The lowest BCUT2D eigenvalue weighted by Gasteiger charge is -2.53. The van der Waals surface area contributed by atoms with Crippen molar-refractivity contribution in [2.24, 2.45) is 82.9 Å². The maximum Gasteiger partial charge on any atom is 0.0104 e. The molecule has 1 heteroatoms. The van der Waals surface area contributed by atoms with Gasteiger partial charge in [0.25, 0.3) is 0 Å². The molecule has 0 aliphatic heterocycles. The largest absolute Gasteiger partial charge is 0.294 e. The van der Waals surface area contributed by atoms with Crippen LogP contribution in [0.3, 0.4) is 0 Å². The molecule has 0 N–H and O–H groups in total. The molecule has 0 saturated heterocycles. The van der Waals surface area contributed by atoms with E-state index in [0.717, 1.165) is 101 Å². The van der Waals surface area contributed by atoms with E-state index in [-0.39, 0.29) is 0 Å². The predicted octanol–water partition coefficient (Wildman–Crippen LogP) is 14.8. The van der Waals surface area contributed by atoms with Gasteiger partial charge in [0.2, 0.25) is 0 Å². The van der Waals surface area contributed by atoms with Crippen LogP contribution in [0.1, 0.15) is 225 Å². The van der Waals surface area contributed by atoms with E-state index in [0.29, 0.717) is 0 Å². The van der Waals surface area contributed by atoms with Gasteiger partial charge in [-0.1, -0.05) is 122 Å². The molecule has 10 aliphatic carbocycles. The van der Waals surface area contributed by atoms with Gasteiger partial charge in [0.1, 0.15) is 0 Å². The molecule has 10 aliphatic rings. The van der Waals surface area contributed by atoms with Crippen molar-refractivity contribution in [2.75, 3.05) is 0 Å². The summed E-state index contributed by atoms with van der Waals surface area (Å²) in [6, 6.07) is 2.80. The van der Waals surface area contributed by atoms with Crippen LogP contribution in [0.25, 0.3) is 0 Å². The van der Waals surface area contributed by atoms with Crippen molar-refractivity contribution in [2.45, 2.75) is 243 Å². The van der Waals surface area contributed by atoms with Gasteiger partial charge in [-0.25, -0.2) is 0 Å². The predicted molar refractivity (Wildman–Crippen MR) is 224 cm³/mol. The van der Waals surface area contributed by atoms with Gasteiger partial charge in [-0.15, -0.1) is 0 Å². The maximum absolute atomic E-state index is 3.43. The molecule has 0 radical (unpaired) electrons. The van der Waals surface area contributed by atoms with Crippen LogP contribution in [-0.2, 0) is 0 Å². The highest BCUT2D eigenvalue weighted by molar-refractivity contribution is 5.06. The summed E-state index contributed by atoms with van der Waals surface area (Å²) in [6.07, 6.45) is 55.4. The summed E-state index contributed by atoms with van der Waals surface area (Å²) >= 11 is 0. The first-order chi connectivity index (χ1) is 26.3. The number of hydrogen-bond donors (Lipinski definition) is 0. The van der Waals surface area contributed by atoms with Crippen LogP contribution in [0.5, 0.6) is 0 Å². The van der Waals surface area contributed by atoms with Crippen molar-refractivity contribution in [1.82, 2.24) is 4.90 Å². The fourth-order valence-electron chi connectivity index (χ4n) is 18.7. The fourth-order valence-corrected chi connectivity index (χ4v) is 18.7. The Morgan fingerprint density at radius 1 is 0.208 bits per heavy atom. The topological polar surface area (TPSA) is 3.24 Å². The Labute approximate surface area is 329 Å². The van der Waals surface area contributed by atoms with Gasteiger partial charge in [-0.3, -0.25) is 4.90 Å². The van der Waals surface area contributed by atoms with E-state index in [1.54, 1.807) is 180 Å². The van der Waals surface area contributed by atoms with Crippen molar-refractivity contribution >= 4 is 0 Å². The van der Waals surface area contributed by atoms with Crippen LogP contribution in [0.15, 0.2) is 0 Å². The lowest BCUT2D eigenvalue weighted by atomic mass is 9.57. The molecule has 10 saturated carbocycles. The van der Waals surface area contributed by atoms with Crippen molar-refractivity contribution < 1.29 is 0 Å². The normalized spacial score (nSPS) is 47.9. The van der Waals surface area contributed by atoms with Crippen molar-refractivity contribution in [3.63, 3.8) is 0 Å². The maximum atomic E-state index is 3.43. The van der Waals surface area contributed by atoms with Crippen LogP contribution in [0, 0.1) is 82.9 Å². The Morgan fingerprint density at radius 3 is 1.21 bits per heavy atom. The number of fused-ring (bicyclic) bond motifs is 4. The van der Waals surface area contributed by atoms with E-state index in [9.17, 15) is 0 Å². The third kappa shape index (κ3) is 7.80. The van der Waals surface area contributed by atoms with Gasteiger partial charge in [-0.05, 0) is 186 Å². The van der Waals surface area contributed by atoms with Gasteiger partial charge in [-0.2, -0.15) is 0 Å². The molecular formula is C52H87N. The van der Waals surface area contributed by atoms with Gasteiger partial charge >= 0.3 is 0 Å². The molecule has 0 heterocycles. The van der Waals surface area contributed by atoms with Gasteiger partial charge in [0.15, 0.2) is 0 Å². The van der Waals surface area contributed by atoms with Crippen LogP contribution in [-0.4, -0.2) is 23.0 Å². The lowest BCUT2D eigenvalue weighted by molar-refractivity contribution is -0.0325. The molecule has 10 rings (SSSR count). The van der Waals surface area contributed by atoms with Crippen LogP contribution in [0.4, 0.5) is 0 Å². The zero-order chi connectivity index (χ0) is 35.1. The number of hydrogen-bond acceptors (Lipinski definition) is 1. The lowest BCUT2D eigenvalue weighted by Crippen LogP contribution is -2.54. The second kappa shape index (κ2) is 17.1. The summed E-state index contributed by atoms with van der Waals surface area (Å²) in [5.74, 6) is 15.5. The Hall–Kier alpha value is -0.0400. The highest BCUT2D eigenvalue weighted by Gasteiger charge is 2.55. The average Bonchev–Trinajstić information content (AvgIpc) is 3.85. The minimum absolute atomic E-state index is 0.932. The third-order valence-electron chi connectivity index (χ3n) is 21.0. The first kappa shape index (κ1) is 37.2. The highest BCUT2D eigenvalue weighted by Crippen LogP contribution is 2.63. The van der Waals surface area contributed by atoms with Gasteiger partial charge < -0.3 is 0 Å². The Balaban J connectivity index is 0.853. The summed E-state index contributed by atoms with van der Waals surface area (Å²) < 4.78 is 0. The first-order valence-corrected chi connectivity index (χ1v) is 26.0. The SMILES string of the molecule is C1CCC(C2CCC(N(C3CCC(C4CCCCC4)CC3)C3CCC4CC5CCCC(C6CCCC7CC(C8CCCCC8)CC76)C5C4C3)CC2)CC1. The molecule has 0 bridgehead atoms. The van der Waals surface area contributed by atoms with Crippen LogP contribution in [0.2, 0.25) is 0 Å². The molecule has 10 atom stereocenters. The molecule has 0 amide bonds.